The monoisotopic (exact) mass is 266 g/mol. The summed E-state index contributed by atoms with van der Waals surface area (Å²) in [6.07, 6.45) is 5.72. The van der Waals surface area contributed by atoms with Crippen molar-refractivity contribution in [3.63, 3.8) is 0 Å². The van der Waals surface area contributed by atoms with E-state index >= 15 is 0 Å². The third-order valence-corrected chi connectivity index (χ3v) is 3.00. The Morgan fingerprint density at radius 1 is 1.50 bits per heavy atom. The lowest BCUT2D eigenvalue weighted by Gasteiger charge is -2.09. The van der Waals surface area contributed by atoms with Gasteiger partial charge in [-0.25, -0.2) is 0 Å². The molecule has 3 N–H and O–H groups in total. The molecule has 2 rings (SSSR count). The molecule has 18 heavy (non-hydrogen) atoms. The minimum Gasteiger partial charge on any atom is -0.497 e. The summed E-state index contributed by atoms with van der Waals surface area (Å²) in [4.78, 5) is 3.24. The Bertz CT molecular complexity index is 521. The van der Waals surface area contributed by atoms with Crippen LogP contribution in [0.1, 0.15) is 24.4 Å². The maximum Gasteiger partial charge on any atom is 0.119 e. The molecule has 1 aromatic carbocycles. The van der Waals surface area contributed by atoms with Gasteiger partial charge in [-0.15, -0.1) is 19.0 Å². The summed E-state index contributed by atoms with van der Waals surface area (Å²) in [5.41, 5.74) is 8.41. The Hall–Kier alpha value is -1.45. The molecule has 0 saturated heterocycles. The van der Waals surface area contributed by atoms with Gasteiger partial charge in [0.25, 0.3) is 0 Å². The number of hydrogen-bond donors (Lipinski definition) is 2. The molecule has 0 unspecified atom stereocenters. The molecule has 98 valence electrons. The molecule has 0 bridgehead atoms. The highest BCUT2D eigenvalue weighted by Gasteiger charge is 2.11. The number of methoxy groups -OCH3 is 1. The molecule has 1 heterocycles. The van der Waals surface area contributed by atoms with E-state index in [0.717, 1.165) is 35.1 Å². The van der Waals surface area contributed by atoms with Crippen LogP contribution in [0.15, 0.2) is 37.1 Å². The van der Waals surface area contributed by atoms with E-state index in [2.05, 4.69) is 11.6 Å². The molecule has 0 saturated carbocycles. The van der Waals surface area contributed by atoms with E-state index in [1.54, 1.807) is 7.11 Å². The summed E-state index contributed by atoms with van der Waals surface area (Å²) >= 11 is 0. The number of fused-ring (bicyclic) bond motifs is 1. The maximum absolute atomic E-state index is 6.17. The lowest BCUT2D eigenvalue weighted by atomic mass is 10.0. The van der Waals surface area contributed by atoms with Crippen molar-refractivity contribution >= 4 is 23.3 Å². The minimum absolute atomic E-state index is 0. The van der Waals surface area contributed by atoms with Crippen molar-refractivity contribution in [2.45, 2.75) is 18.9 Å². The highest BCUT2D eigenvalue weighted by molar-refractivity contribution is 5.85. The van der Waals surface area contributed by atoms with Crippen LogP contribution >= 0.6 is 12.4 Å². The number of aromatic nitrogens is 1. The van der Waals surface area contributed by atoms with Crippen LogP contribution in [0.3, 0.4) is 0 Å². The summed E-state index contributed by atoms with van der Waals surface area (Å²) in [5, 5.41) is 1.14. The molecule has 0 radical (unpaired) electrons. The van der Waals surface area contributed by atoms with Gasteiger partial charge in [0.2, 0.25) is 0 Å². The van der Waals surface area contributed by atoms with E-state index in [1.165, 1.54) is 0 Å². The average molecular weight is 267 g/mol. The topological polar surface area (TPSA) is 51.0 Å². The van der Waals surface area contributed by atoms with Crippen LogP contribution in [0.25, 0.3) is 10.9 Å². The zero-order valence-electron chi connectivity index (χ0n) is 10.5. The zero-order valence-corrected chi connectivity index (χ0v) is 11.3. The molecule has 0 amide bonds. The molecule has 1 atom stereocenters. The van der Waals surface area contributed by atoms with Crippen LogP contribution < -0.4 is 10.5 Å². The molecule has 0 fully saturated rings. The van der Waals surface area contributed by atoms with Gasteiger partial charge in [-0.3, -0.25) is 0 Å². The number of halogens is 1. The van der Waals surface area contributed by atoms with Crippen LogP contribution in [0, 0.1) is 0 Å². The lowest BCUT2D eigenvalue weighted by Crippen LogP contribution is -2.09. The van der Waals surface area contributed by atoms with Crippen molar-refractivity contribution < 1.29 is 4.74 Å². The number of rotatable bonds is 5. The Balaban J connectivity index is 0.00000162. The van der Waals surface area contributed by atoms with E-state index in [1.807, 2.05) is 30.5 Å². The van der Waals surface area contributed by atoms with Gasteiger partial charge in [0, 0.05) is 23.1 Å². The van der Waals surface area contributed by atoms with Crippen LogP contribution in [0.4, 0.5) is 0 Å². The fourth-order valence-electron chi connectivity index (χ4n) is 2.01. The van der Waals surface area contributed by atoms with Gasteiger partial charge < -0.3 is 15.5 Å². The van der Waals surface area contributed by atoms with Crippen molar-refractivity contribution in [1.29, 1.82) is 0 Å². The van der Waals surface area contributed by atoms with E-state index in [-0.39, 0.29) is 18.4 Å². The number of allylic oxidation sites excluding steroid dienone is 1. The fourth-order valence-corrected chi connectivity index (χ4v) is 2.01. The second-order valence-electron chi connectivity index (χ2n) is 4.13. The summed E-state index contributed by atoms with van der Waals surface area (Å²) < 4.78 is 5.24. The van der Waals surface area contributed by atoms with Gasteiger partial charge in [-0.2, -0.15) is 0 Å². The second-order valence-corrected chi connectivity index (χ2v) is 4.13. The molecule has 1 aromatic heterocycles. The number of aromatic amines is 1. The number of H-pyrrole nitrogens is 1. The molecule has 2 aromatic rings. The van der Waals surface area contributed by atoms with Crippen molar-refractivity contribution in [3.05, 3.63) is 42.6 Å². The van der Waals surface area contributed by atoms with Gasteiger partial charge in [0.1, 0.15) is 5.75 Å². The summed E-state index contributed by atoms with van der Waals surface area (Å²) in [6.45, 7) is 3.72. The van der Waals surface area contributed by atoms with Crippen molar-refractivity contribution in [1.82, 2.24) is 4.98 Å². The summed E-state index contributed by atoms with van der Waals surface area (Å²) in [7, 11) is 1.67. The van der Waals surface area contributed by atoms with Crippen LogP contribution in [-0.4, -0.2) is 12.1 Å². The Kier molecular flexibility index (Phi) is 5.25. The first-order valence-corrected chi connectivity index (χ1v) is 5.77. The molecule has 0 aliphatic heterocycles. The third-order valence-electron chi connectivity index (χ3n) is 3.00. The van der Waals surface area contributed by atoms with E-state index in [0.29, 0.717) is 0 Å². The van der Waals surface area contributed by atoms with Crippen LogP contribution in [0.2, 0.25) is 0 Å². The first-order chi connectivity index (χ1) is 8.26. The first kappa shape index (κ1) is 14.6. The number of ether oxygens (including phenoxy) is 1. The van der Waals surface area contributed by atoms with E-state index in [9.17, 15) is 0 Å². The average Bonchev–Trinajstić information content (AvgIpc) is 2.78. The number of nitrogens with two attached hydrogens (primary N) is 1. The molecule has 0 aliphatic carbocycles. The van der Waals surface area contributed by atoms with Gasteiger partial charge in [0.15, 0.2) is 0 Å². The van der Waals surface area contributed by atoms with Crippen LogP contribution in [0.5, 0.6) is 5.75 Å². The zero-order chi connectivity index (χ0) is 12.3. The number of hydrogen-bond acceptors (Lipinski definition) is 2. The van der Waals surface area contributed by atoms with Crippen molar-refractivity contribution in [2.24, 2.45) is 5.73 Å². The molecule has 3 nitrogen and oxygen atoms in total. The Labute approximate surface area is 113 Å². The molecular weight excluding hydrogens is 248 g/mol. The van der Waals surface area contributed by atoms with E-state index < -0.39 is 0 Å². The van der Waals surface area contributed by atoms with E-state index in [4.69, 9.17) is 10.5 Å². The predicted octanol–water partition coefficient (Wildman–Crippen LogP) is 3.56. The summed E-state index contributed by atoms with van der Waals surface area (Å²) in [5.74, 6) is 0.856. The fraction of sp³-hybridized carbons (Fsp3) is 0.286. The smallest absolute Gasteiger partial charge is 0.119 e. The predicted molar refractivity (Wildman–Crippen MR) is 78.5 cm³/mol. The normalized spacial score (nSPS) is 11.9. The third kappa shape index (κ3) is 2.86. The Morgan fingerprint density at radius 3 is 2.94 bits per heavy atom. The standard InChI is InChI=1S/C14H18N2O.ClH/c1-3-4-5-13(15)12-9-16-14-7-6-10(17-2)8-11(12)14;/h3,6-9,13,16H,1,4-5,15H2,2H3;1H/t13-;/m1./s1. The van der Waals surface area contributed by atoms with Gasteiger partial charge in [-0.1, -0.05) is 6.08 Å². The summed E-state index contributed by atoms with van der Waals surface area (Å²) in [6, 6.07) is 6.01. The quantitative estimate of drug-likeness (QED) is 0.813. The van der Waals surface area contributed by atoms with Gasteiger partial charge in [0.05, 0.1) is 7.11 Å². The lowest BCUT2D eigenvalue weighted by molar-refractivity contribution is 0.415. The SMILES string of the molecule is C=CCC[C@@H](N)c1c[nH]c2ccc(OC)cc12.Cl. The van der Waals surface area contributed by atoms with Crippen LogP contribution in [-0.2, 0) is 0 Å². The van der Waals surface area contributed by atoms with Gasteiger partial charge in [-0.05, 0) is 36.6 Å². The van der Waals surface area contributed by atoms with Gasteiger partial charge >= 0.3 is 0 Å². The molecule has 4 heteroatoms. The minimum atomic E-state index is 0. The second kappa shape index (κ2) is 6.47. The largest absolute Gasteiger partial charge is 0.497 e. The number of nitrogens with one attached hydrogen (secondary N) is 1. The maximum atomic E-state index is 6.17. The van der Waals surface area contributed by atoms with Crippen molar-refractivity contribution in [3.8, 4) is 5.75 Å². The molecule has 0 spiro atoms. The number of benzene rings is 1. The Morgan fingerprint density at radius 2 is 2.28 bits per heavy atom. The highest BCUT2D eigenvalue weighted by atomic mass is 35.5. The molecular formula is C14H19ClN2O. The van der Waals surface area contributed by atoms with Crippen molar-refractivity contribution in [2.75, 3.05) is 7.11 Å². The highest BCUT2D eigenvalue weighted by Crippen LogP contribution is 2.28. The molecule has 0 aliphatic rings. The first-order valence-electron chi connectivity index (χ1n) is 5.77.